The molecule has 0 radical (unpaired) electrons. The third kappa shape index (κ3) is 3.99. The zero-order valence-electron chi connectivity index (χ0n) is 17.9. The van der Waals surface area contributed by atoms with E-state index in [4.69, 9.17) is 9.72 Å². The van der Waals surface area contributed by atoms with Gasteiger partial charge in [0.15, 0.2) is 0 Å². The first-order chi connectivity index (χ1) is 16.4. The fourth-order valence-electron chi connectivity index (χ4n) is 3.89. The van der Waals surface area contributed by atoms with Gasteiger partial charge in [0.05, 0.1) is 28.8 Å². The number of methoxy groups -OCH3 is 1. The Morgan fingerprint density at radius 1 is 1.15 bits per heavy atom. The van der Waals surface area contributed by atoms with Crippen LogP contribution >= 0.6 is 22.7 Å². The largest absolute Gasteiger partial charge is 0.453 e. The van der Waals surface area contributed by atoms with Gasteiger partial charge in [-0.05, 0) is 36.2 Å². The summed E-state index contributed by atoms with van der Waals surface area (Å²) in [6.07, 6.45) is 0.219. The summed E-state index contributed by atoms with van der Waals surface area (Å²) < 4.78 is 5.92. The third-order valence-electron chi connectivity index (χ3n) is 5.56. The van der Waals surface area contributed by atoms with Gasteiger partial charge in [0, 0.05) is 34.7 Å². The van der Waals surface area contributed by atoms with Gasteiger partial charge in [-0.15, -0.1) is 22.7 Å². The Kier molecular flexibility index (Phi) is 5.72. The molecular formula is C23H18N4O5S2. The number of fused-ring (bicyclic) bond motifs is 2. The van der Waals surface area contributed by atoms with Gasteiger partial charge >= 0.3 is 6.09 Å². The first-order valence-electron chi connectivity index (χ1n) is 10.3. The smallest absolute Gasteiger partial charge is 0.409 e. The van der Waals surface area contributed by atoms with Crippen LogP contribution in [0.3, 0.4) is 0 Å². The van der Waals surface area contributed by atoms with Crippen LogP contribution in [-0.4, -0.2) is 40.5 Å². The van der Waals surface area contributed by atoms with E-state index in [-0.39, 0.29) is 11.6 Å². The zero-order valence-corrected chi connectivity index (χ0v) is 19.6. The molecule has 9 nitrogen and oxygen atoms in total. The average molecular weight is 495 g/mol. The van der Waals surface area contributed by atoms with E-state index in [1.807, 2.05) is 24.3 Å². The summed E-state index contributed by atoms with van der Waals surface area (Å²) in [6, 6.07) is 13.3. The molecule has 2 aromatic carbocycles. The van der Waals surface area contributed by atoms with Crippen LogP contribution in [0.15, 0.2) is 48.5 Å². The highest BCUT2D eigenvalue weighted by atomic mass is 32.1. The van der Waals surface area contributed by atoms with Crippen molar-refractivity contribution in [2.24, 2.45) is 0 Å². The standard InChI is InChI=1S/C23H18N4O5S2/c1-32-23(29)26-11-10-15-18(12-26)34-22(19(15)21-24-16-4-2-3-5-17(16)33-21)25-20(28)13-6-8-14(9-7-13)27(30)31/h2-9H,10-12H2,1H3,(H,25,28). The van der Waals surface area contributed by atoms with Crippen LogP contribution < -0.4 is 5.32 Å². The third-order valence-corrected chi connectivity index (χ3v) is 7.75. The molecule has 0 saturated carbocycles. The van der Waals surface area contributed by atoms with E-state index in [2.05, 4.69) is 5.32 Å². The zero-order chi connectivity index (χ0) is 23.8. The van der Waals surface area contributed by atoms with Crippen LogP contribution in [-0.2, 0) is 17.7 Å². The minimum atomic E-state index is -0.507. The Hall–Kier alpha value is -3.83. The predicted molar refractivity (Wildman–Crippen MR) is 131 cm³/mol. The van der Waals surface area contributed by atoms with Crippen molar-refractivity contribution in [1.29, 1.82) is 0 Å². The van der Waals surface area contributed by atoms with E-state index in [0.717, 1.165) is 31.2 Å². The topological polar surface area (TPSA) is 115 Å². The number of non-ortho nitro benzene ring substituents is 1. The number of rotatable bonds is 4. The highest BCUT2D eigenvalue weighted by molar-refractivity contribution is 7.23. The monoisotopic (exact) mass is 494 g/mol. The van der Waals surface area contributed by atoms with Crippen molar-refractivity contribution < 1.29 is 19.2 Å². The van der Waals surface area contributed by atoms with Gasteiger partial charge in [-0.2, -0.15) is 0 Å². The maximum Gasteiger partial charge on any atom is 0.409 e. The number of nitrogens with one attached hydrogen (secondary N) is 1. The van der Waals surface area contributed by atoms with Crippen molar-refractivity contribution in [1.82, 2.24) is 9.88 Å². The quantitative estimate of drug-likeness (QED) is 0.304. The first kappa shape index (κ1) is 22.0. The minimum Gasteiger partial charge on any atom is -0.453 e. The highest BCUT2D eigenvalue weighted by Gasteiger charge is 2.30. The number of para-hydroxylation sites is 1. The molecular weight excluding hydrogens is 476 g/mol. The van der Waals surface area contributed by atoms with Gasteiger partial charge < -0.3 is 15.0 Å². The molecule has 1 aliphatic rings. The van der Waals surface area contributed by atoms with E-state index in [0.29, 0.717) is 30.1 Å². The summed E-state index contributed by atoms with van der Waals surface area (Å²) >= 11 is 2.95. The first-order valence-corrected chi connectivity index (χ1v) is 12.0. The van der Waals surface area contributed by atoms with Crippen LogP contribution in [0.1, 0.15) is 20.8 Å². The van der Waals surface area contributed by atoms with E-state index < -0.39 is 11.0 Å². The maximum absolute atomic E-state index is 13.0. The maximum atomic E-state index is 13.0. The molecule has 0 spiro atoms. The molecule has 11 heteroatoms. The van der Waals surface area contributed by atoms with E-state index >= 15 is 0 Å². The summed E-state index contributed by atoms with van der Waals surface area (Å²) in [5.74, 6) is -0.374. The Balaban J connectivity index is 1.54. The molecule has 0 fully saturated rings. The van der Waals surface area contributed by atoms with Crippen LogP contribution in [0.5, 0.6) is 0 Å². The number of carbonyl (C=O) groups is 2. The number of hydrogen-bond acceptors (Lipinski definition) is 8. The Labute approximate surface area is 201 Å². The van der Waals surface area contributed by atoms with Gasteiger partial charge in [-0.3, -0.25) is 14.9 Å². The number of amides is 2. The van der Waals surface area contributed by atoms with Crippen LogP contribution in [0.4, 0.5) is 15.5 Å². The molecule has 2 amide bonds. The fourth-order valence-corrected chi connectivity index (χ4v) is 6.26. The number of carbonyl (C=O) groups excluding carboxylic acids is 2. The molecule has 4 aromatic rings. The van der Waals surface area contributed by atoms with E-state index in [9.17, 15) is 19.7 Å². The lowest BCUT2D eigenvalue weighted by Crippen LogP contribution is -2.35. The average Bonchev–Trinajstić information content (AvgIpc) is 3.43. The van der Waals surface area contributed by atoms with Gasteiger partial charge in [-0.1, -0.05) is 12.1 Å². The summed E-state index contributed by atoms with van der Waals surface area (Å²) in [5, 5.41) is 15.3. The number of thiophene rings is 1. The van der Waals surface area contributed by atoms with Crippen molar-refractivity contribution in [3.05, 3.63) is 74.6 Å². The van der Waals surface area contributed by atoms with Crippen molar-refractivity contribution in [2.45, 2.75) is 13.0 Å². The molecule has 34 heavy (non-hydrogen) atoms. The molecule has 0 unspecified atom stereocenters. The van der Waals surface area contributed by atoms with Crippen LogP contribution in [0, 0.1) is 10.1 Å². The molecule has 172 valence electrons. The van der Waals surface area contributed by atoms with E-state index in [1.54, 1.807) is 16.2 Å². The molecule has 3 heterocycles. The lowest BCUT2D eigenvalue weighted by atomic mass is 10.0. The molecule has 2 aromatic heterocycles. The number of nitro benzene ring substituents is 1. The number of nitro groups is 1. The lowest BCUT2D eigenvalue weighted by molar-refractivity contribution is -0.384. The number of benzene rings is 2. The van der Waals surface area contributed by atoms with Crippen molar-refractivity contribution in [3.8, 4) is 10.6 Å². The molecule has 0 atom stereocenters. The lowest BCUT2D eigenvalue weighted by Gasteiger charge is -2.25. The summed E-state index contributed by atoms with van der Waals surface area (Å²) in [6.45, 7) is 0.891. The van der Waals surface area contributed by atoms with Gasteiger partial charge in [0.2, 0.25) is 0 Å². The van der Waals surface area contributed by atoms with Gasteiger partial charge in [-0.25, -0.2) is 9.78 Å². The summed E-state index contributed by atoms with van der Waals surface area (Å²) in [4.78, 5) is 42.9. The summed E-state index contributed by atoms with van der Waals surface area (Å²) in [5.41, 5.74) is 3.02. The minimum absolute atomic E-state index is 0.0822. The highest BCUT2D eigenvalue weighted by Crippen LogP contribution is 2.45. The number of aromatic nitrogens is 1. The molecule has 5 rings (SSSR count). The fraction of sp³-hybridized carbons (Fsp3) is 0.174. The van der Waals surface area contributed by atoms with Crippen molar-refractivity contribution in [3.63, 3.8) is 0 Å². The Morgan fingerprint density at radius 2 is 1.91 bits per heavy atom. The molecule has 1 aliphatic heterocycles. The normalized spacial score (nSPS) is 12.9. The van der Waals surface area contributed by atoms with Gasteiger partial charge in [0.25, 0.3) is 11.6 Å². The summed E-state index contributed by atoms with van der Waals surface area (Å²) in [7, 11) is 1.36. The SMILES string of the molecule is COC(=O)N1CCc2c(sc(NC(=O)c3ccc([N+](=O)[O-])cc3)c2-c2nc3ccccc3s2)C1. The molecule has 0 bridgehead atoms. The molecule has 0 saturated heterocycles. The van der Waals surface area contributed by atoms with Gasteiger partial charge in [0.1, 0.15) is 10.0 Å². The van der Waals surface area contributed by atoms with Crippen LogP contribution in [0.25, 0.3) is 20.8 Å². The number of thiazole rings is 1. The van der Waals surface area contributed by atoms with Crippen LogP contribution in [0.2, 0.25) is 0 Å². The number of ether oxygens (including phenoxy) is 1. The number of anilines is 1. The second-order valence-electron chi connectivity index (χ2n) is 7.59. The van der Waals surface area contributed by atoms with E-state index in [1.165, 1.54) is 42.7 Å². The molecule has 0 aliphatic carbocycles. The number of hydrogen-bond donors (Lipinski definition) is 1. The Bertz CT molecular complexity index is 1390. The second kappa shape index (κ2) is 8.84. The Morgan fingerprint density at radius 3 is 2.62 bits per heavy atom. The molecule has 1 N–H and O–H groups in total. The second-order valence-corrected chi connectivity index (χ2v) is 9.73. The van der Waals surface area contributed by atoms with Crippen molar-refractivity contribution >= 4 is 55.6 Å². The number of nitrogens with zero attached hydrogens (tertiary/aromatic N) is 3. The van der Waals surface area contributed by atoms with Crippen molar-refractivity contribution in [2.75, 3.05) is 19.0 Å². The predicted octanol–water partition coefficient (Wildman–Crippen LogP) is 5.31.